The Bertz CT molecular complexity index is 1020. The number of imidazole rings is 1. The zero-order valence-electron chi connectivity index (χ0n) is 20.3. The molecule has 0 atom stereocenters. The molecule has 7 nitrogen and oxygen atoms in total. The van der Waals surface area contributed by atoms with Gasteiger partial charge in [-0.15, -0.1) is 0 Å². The van der Waals surface area contributed by atoms with Crippen LogP contribution in [0.1, 0.15) is 69.7 Å². The van der Waals surface area contributed by atoms with Gasteiger partial charge in [-0.3, -0.25) is 9.36 Å². The number of pyridine rings is 1. The lowest BCUT2D eigenvalue weighted by Crippen LogP contribution is -2.26. The molecular formula is C26H38N6O. The Hall–Kier alpha value is -2.93. The van der Waals surface area contributed by atoms with E-state index in [-0.39, 0.29) is 5.78 Å². The summed E-state index contributed by atoms with van der Waals surface area (Å²) in [4.78, 5) is 23.9. The number of rotatable bonds is 14. The van der Waals surface area contributed by atoms with Crippen LogP contribution in [0.25, 0.3) is 11.2 Å². The molecule has 33 heavy (non-hydrogen) atoms. The Labute approximate surface area is 197 Å². The smallest absolute Gasteiger partial charge is 0.209 e. The Kier molecular flexibility index (Phi) is 9.24. The summed E-state index contributed by atoms with van der Waals surface area (Å²) in [7, 11) is 0. The molecule has 1 aromatic carbocycles. The first-order valence-electron chi connectivity index (χ1n) is 12.3. The highest BCUT2D eigenvalue weighted by molar-refractivity contribution is 5.94. The summed E-state index contributed by atoms with van der Waals surface area (Å²) in [6.45, 7) is 9.52. The largest absolute Gasteiger partial charge is 0.357 e. The third-order valence-electron chi connectivity index (χ3n) is 5.85. The van der Waals surface area contributed by atoms with Gasteiger partial charge >= 0.3 is 0 Å². The molecule has 2 aromatic heterocycles. The van der Waals surface area contributed by atoms with Crippen LogP contribution in [0.2, 0.25) is 0 Å². The van der Waals surface area contributed by atoms with Gasteiger partial charge < -0.3 is 16.0 Å². The maximum absolute atomic E-state index is 11.6. The Balaban J connectivity index is 1.95. The van der Waals surface area contributed by atoms with E-state index in [2.05, 4.69) is 40.8 Å². The normalized spacial score (nSPS) is 11.2. The van der Waals surface area contributed by atoms with Gasteiger partial charge in [0.05, 0.1) is 0 Å². The van der Waals surface area contributed by atoms with E-state index < -0.39 is 0 Å². The molecule has 0 unspecified atom stereocenters. The average Bonchev–Trinajstić information content (AvgIpc) is 3.16. The minimum atomic E-state index is 0.0583. The molecule has 0 spiro atoms. The molecule has 0 amide bonds. The van der Waals surface area contributed by atoms with Crippen LogP contribution in [0.5, 0.6) is 0 Å². The molecule has 0 bridgehead atoms. The first kappa shape index (κ1) is 24.7. The molecule has 0 saturated carbocycles. The highest BCUT2D eigenvalue weighted by Crippen LogP contribution is 2.25. The molecule has 0 fully saturated rings. The highest BCUT2D eigenvalue weighted by atomic mass is 16.1. The molecule has 7 heteroatoms. The SMILES string of the molecule is CCCCN(CCCC)c1ccc2nc(Nc3ccc(C(C)=O)cc3)n(CCCCN)c2n1. The predicted molar refractivity (Wildman–Crippen MR) is 138 cm³/mol. The van der Waals surface area contributed by atoms with Gasteiger partial charge in [0.25, 0.3) is 0 Å². The molecule has 3 aromatic rings. The molecule has 0 saturated heterocycles. The van der Waals surface area contributed by atoms with E-state index in [0.29, 0.717) is 12.1 Å². The molecular weight excluding hydrogens is 412 g/mol. The van der Waals surface area contributed by atoms with Crippen LogP contribution in [-0.4, -0.2) is 40.0 Å². The first-order valence-corrected chi connectivity index (χ1v) is 12.3. The van der Waals surface area contributed by atoms with Crippen molar-refractivity contribution in [3.63, 3.8) is 0 Å². The number of fused-ring (bicyclic) bond motifs is 1. The third kappa shape index (κ3) is 6.54. The predicted octanol–water partition coefficient (Wildman–Crippen LogP) is 5.52. The van der Waals surface area contributed by atoms with Gasteiger partial charge in [0.1, 0.15) is 11.3 Å². The number of nitrogens with two attached hydrogens (primary N) is 1. The number of Topliss-reactive ketones (excluding diaryl/α,β-unsaturated/α-hetero) is 1. The number of aromatic nitrogens is 3. The number of hydrogen-bond acceptors (Lipinski definition) is 6. The van der Waals surface area contributed by atoms with E-state index >= 15 is 0 Å². The summed E-state index contributed by atoms with van der Waals surface area (Å²) in [5.41, 5.74) is 9.11. The molecule has 178 valence electrons. The van der Waals surface area contributed by atoms with Gasteiger partial charge in [0.15, 0.2) is 11.4 Å². The zero-order valence-corrected chi connectivity index (χ0v) is 20.3. The number of nitrogens with one attached hydrogen (secondary N) is 1. The third-order valence-corrected chi connectivity index (χ3v) is 5.85. The number of carbonyl (C=O) groups excluding carboxylic acids is 1. The standard InChI is InChI=1S/C26H38N6O/c1-4-6-17-31(18-7-5-2)24-15-14-23-25(30-24)32(19-9-8-16-27)26(29-23)28-22-12-10-21(11-13-22)20(3)33/h10-15H,4-9,16-19,27H2,1-3H3,(H,28,29). The van der Waals surface area contributed by atoms with E-state index in [1.165, 1.54) is 12.8 Å². The van der Waals surface area contributed by atoms with E-state index in [1.807, 2.05) is 24.3 Å². The first-order chi connectivity index (χ1) is 16.1. The summed E-state index contributed by atoms with van der Waals surface area (Å²) in [6, 6.07) is 11.7. The molecule has 0 aliphatic carbocycles. The molecule has 0 aliphatic heterocycles. The maximum atomic E-state index is 11.6. The van der Waals surface area contributed by atoms with Gasteiger partial charge in [-0.2, -0.15) is 0 Å². The van der Waals surface area contributed by atoms with E-state index in [9.17, 15) is 4.79 Å². The summed E-state index contributed by atoms with van der Waals surface area (Å²) in [5.74, 6) is 1.83. The van der Waals surface area contributed by atoms with Crippen molar-refractivity contribution in [2.75, 3.05) is 29.9 Å². The number of anilines is 3. The minimum Gasteiger partial charge on any atom is -0.357 e. The minimum absolute atomic E-state index is 0.0583. The van der Waals surface area contributed by atoms with Crippen molar-refractivity contribution in [2.45, 2.75) is 65.8 Å². The summed E-state index contributed by atoms with van der Waals surface area (Å²) in [6.07, 6.45) is 6.55. The van der Waals surface area contributed by atoms with Crippen molar-refractivity contribution >= 4 is 34.4 Å². The van der Waals surface area contributed by atoms with Crippen molar-refractivity contribution in [2.24, 2.45) is 5.73 Å². The van der Waals surface area contributed by atoms with Gasteiger partial charge in [-0.25, -0.2) is 9.97 Å². The molecule has 2 heterocycles. The van der Waals surface area contributed by atoms with Crippen molar-refractivity contribution in [1.82, 2.24) is 14.5 Å². The van der Waals surface area contributed by atoms with Crippen LogP contribution < -0.4 is 16.0 Å². The fourth-order valence-electron chi connectivity index (χ4n) is 3.85. The Morgan fingerprint density at radius 1 is 0.970 bits per heavy atom. The van der Waals surface area contributed by atoms with Crippen LogP contribution in [-0.2, 0) is 6.54 Å². The molecule has 0 aliphatic rings. The van der Waals surface area contributed by atoms with Crippen LogP contribution in [0.4, 0.5) is 17.5 Å². The van der Waals surface area contributed by atoms with Crippen LogP contribution >= 0.6 is 0 Å². The second-order valence-corrected chi connectivity index (χ2v) is 8.55. The van der Waals surface area contributed by atoms with Gasteiger partial charge in [-0.1, -0.05) is 26.7 Å². The maximum Gasteiger partial charge on any atom is 0.209 e. The Morgan fingerprint density at radius 3 is 2.27 bits per heavy atom. The van der Waals surface area contributed by atoms with Crippen molar-refractivity contribution < 1.29 is 4.79 Å². The second-order valence-electron chi connectivity index (χ2n) is 8.55. The number of aryl methyl sites for hydroxylation is 1. The average molecular weight is 451 g/mol. The fourth-order valence-corrected chi connectivity index (χ4v) is 3.85. The number of carbonyl (C=O) groups is 1. The quantitative estimate of drug-likeness (QED) is 0.248. The molecule has 0 radical (unpaired) electrons. The second kappa shape index (κ2) is 12.3. The van der Waals surface area contributed by atoms with Crippen LogP contribution in [0.3, 0.4) is 0 Å². The van der Waals surface area contributed by atoms with E-state index in [0.717, 1.165) is 73.9 Å². The van der Waals surface area contributed by atoms with Crippen molar-refractivity contribution in [3.8, 4) is 0 Å². The lowest BCUT2D eigenvalue weighted by molar-refractivity contribution is 0.101. The monoisotopic (exact) mass is 450 g/mol. The lowest BCUT2D eigenvalue weighted by Gasteiger charge is -2.23. The number of ketones is 1. The lowest BCUT2D eigenvalue weighted by atomic mass is 10.1. The van der Waals surface area contributed by atoms with Gasteiger partial charge in [0, 0.05) is 30.9 Å². The molecule has 3 N–H and O–H groups in total. The van der Waals surface area contributed by atoms with Gasteiger partial charge in [0.2, 0.25) is 5.95 Å². The van der Waals surface area contributed by atoms with E-state index in [1.54, 1.807) is 6.92 Å². The topological polar surface area (TPSA) is 89.1 Å². The van der Waals surface area contributed by atoms with E-state index in [4.69, 9.17) is 15.7 Å². The van der Waals surface area contributed by atoms with Crippen molar-refractivity contribution in [1.29, 1.82) is 0 Å². The highest BCUT2D eigenvalue weighted by Gasteiger charge is 2.15. The zero-order chi connectivity index (χ0) is 23.6. The van der Waals surface area contributed by atoms with Crippen LogP contribution in [0, 0.1) is 0 Å². The fraction of sp³-hybridized carbons (Fsp3) is 0.500. The number of unbranched alkanes of at least 4 members (excludes halogenated alkanes) is 3. The van der Waals surface area contributed by atoms with Crippen LogP contribution in [0.15, 0.2) is 36.4 Å². The number of benzene rings is 1. The Morgan fingerprint density at radius 2 is 1.67 bits per heavy atom. The summed E-state index contributed by atoms with van der Waals surface area (Å²) < 4.78 is 2.16. The summed E-state index contributed by atoms with van der Waals surface area (Å²) >= 11 is 0. The number of hydrogen-bond donors (Lipinski definition) is 2. The summed E-state index contributed by atoms with van der Waals surface area (Å²) in [5, 5.41) is 3.43. The van der Waals surface area contributed by atoms with Gasteiger partial charge in [-0.05, 0) is 75.5 Å². The van der Waals surface area contributed by atoms with Crippen molar-refractivity contribution in [3.05, 3.63) is 42.0 Å². The number of nitrogens with zero attached hydrogens (tertiary/aromatic N) is 4. The molecule has 3 rings (SSSR count).